The van der Waals surface area contributed by atoms with Crippen LogP contribution in [0.3, 0.4) is 0 Å². The Morgan fingerprint density at radius 2 is 1.62 bits per heavy atom. The third-order valence-electron chi connectivity index (χ3n) is 5.43. The molecule has 2 unspecified atom stereocenters. The summed E-state index contributed by atoms with van der Waals surface area (Å²) in [6.45, 7) is 10.3. The highest BCUT2D eigenvalue weighted by Gasteiger charge is 2.29. The molecule has 0 saturated carbocycles. The molecule has 174 valence electrons. The molecule has 0 spiro atoms. The molecular formula is C26H35FN2O2S. The molecule has 32 heavy (non-hydrogen) atoms. The molecule has 0 saturated heterocycles. The predicted octanol–water partition coefficient (Wildman–Crippen LogP) is 5.40. The monoisotopic (exact) mass is 458 g/mol. The molecule has 0 aliphatic rings. The first-order valence-corrected chi connectivity index (χ1v) is 12.4. The van der Waals surface area contributed by atoms with Crippen molar-refractivity contribution in [2.24, 2.45) is 0 Å². The van der Waals surface area contributed by atoms with Gasteiger partial charge in [-0.2, -0.15) is 0 Å². The maximum absolute atomic E-state index is 13.4. The summed E-state index contributed by atoms with van der Waals surface area (Å²) in [7, 11) is 0. The second-order valence-electron chi connectivity index (χ2n) is 8.38. The van der Waals surface area contributed by atoms with E-state index in [1.165, 1.54) is 28.8 Å². The Bertz CT molecular complexity index is 881. The second-order valence-corrected chi connectivity index (χ2v) is 9.36. The van der Waals surface area contributed by atoms with Crippen molar-refractivity contribution < 1.29 is 14.0 Å². The van der Waals surface area contributed by atoms with Gasteiger partial charge in [-0.1, -0.05) is 55.3 Å². The molecule has 4 nitrogen and oxygen atoms in total. The molecule has 0 fully saturated rings. The highest BCUT2D eigenvalue weighted by atomic mass is 32.2. The Morgan fingerprint density at radius 1 is 1.00 bits per heavy atom. The number of nitrogens with zero attached hydrogens (tertiary/aromatic N) is 1. The zero-order chi connectivity index (χ0) is 23.7. The van der Waals surface area contributed by atoms with Gasteiger partial charge >= 0.3 is 0 Å². The van der Waals surface area contributed by atoms with E-state index in [1.54, 1.807) is 28.8 Å². The van der Waals surface area contributed by atoms with Crippen molar-refractivity contribution in [3.8, 4) is 0 Å². The van der Waals surface area contributed by atoms with Crippen LogP contribution in [0.2, 0.25) is 0 Å². The van der Waals surface area contributed by atoms with E-state index in [4.69, 9.17) is 0 Å². The fourth-order valence-corrected chi connectivity index (χ4v) is 4.48. The van der Waals surface area contributed by atoms with Crippen molar-refractivity contribution in [3.05, 3.63) is 70.5 Å². The lowest BCUT2D eigenvalue weighted by molar-refractivity contribution is -0.139. The Hall–Kier alpha value is -2.34. The molecule has 2 atom stereocenters. The van der Waals surface area contributed by atoms with Gasteiger partial charge in [0.25, 0.3) is 0 Å². The normalized spacial score (nSPS) is 12.8. The van der Waals surface area contributed by atoms with Crippen LogP contribution in [0.25, 0.3) is 0 Å². The Balaban J connectivity index is 2.14. The quantitative estimate of drug-likeness (QED) is 0.491. The van der Waals surface area contributed by atoms with Crippen molar-refractivity contribution >= 4 is 23.6 Å². The van der Waals surface area contributed by atoms with Crippen molar-refractivity contribution in [2.75, 3.05) is 5.75 Å². The van der Waals surface area contributed by atoms with E-state index in [1.807, 2.05) is 20.8 Å². The zero-order valence-electron chi connectivity index (χ0n) is 19.8. The van der Waals surface area contributed by atoms with Gasteiger partial charge in [-0.3, -0.25) is 9.59 Å². The van der Waals surface area contributed by atoms with Crippen molar-refractivity contribution in [1.82, 2.24) is 10.2 Å². The average Bonchev–Trinajstić information content (AvgIpc) is 2.74. The zero-order valence-corrected chi connectivity index (χ0v) is 20.6. The molecule has 0 aliphatic heterocycles. The first-order valence-electron chi connectivity index (χ1n) is 11.2. The highest BCUT2D eigenvalue weighted by Crippen LogP contribution is 2.19. The highest BCUT2D eigenvalue weighted by molar-refractivity contribution is 7.99. The van der Waals surface area contributed by atoms with Crippen LogP contribution in [-0.2, 0) is 21.9 Å². The first kappa shape index (κ1) is 25.9. The smallest absolute Gasteiger partial charge is 0.243 e. The number of carbonyl (C=O) groups is 2. The lowest BCUT2D eigenvalue weighted by Gasteiger charge is -2.31. The minimum absolute atomic E-state index is 0.0401. The van der Waals surface area contributed by atoms with Crippen LogP contribution in [0, 0.1) is 19.7 Å². The molecule has 1 N–H and O–H groups in total. The van der Waals surface area contributed by atoms with E-state index in [2.05, 4.69) is 37.4 Å². The van der Waals surface area contributed by atoms with Crippen molar-refractivity contribution in [2.45, 2.75) is 71.8 Å². The van der Waals surface area contributed by atoms with Gasteiger partial charge in [0.05, 0.1) is 5.75 Å². The molecule has 0 aliphatic carbocycles. The van der Waals surface area contributed by atoms with E-state index in [-0.39, 0.29) is 36.0 Å². The van der Waals surface area contributed by atoms with E-state index >= 15 is 0 Å². The second kappa shape index (κ2) is 12.6. The number of benzene rings is 2. The molecule has 2 aromatic rings. The van der Waals surface area contributed by atoms with Crippen molar-refractivity contribution in [3.63, 3.8) is 0 Å². The molecule has 2 aromatic carbocycles. The maximum Gasteiger partial charge on any atom is 0.243 e. The Morgan fingerprint density at radius 3 is 2.19 bits per heavy atom. The number of hydrogen-bond donors (Lipinski definition) is 1. The van der Waals surface area contributed by atoms with Gasteiger partial charge in [0.2, 0.25) is 11.8 Å². The van der Waals surface area contributed by atoms with Crippen LogP contribution in [0.5, 0.6) is 0 Å². The molecular weight excluding hydrogens is 423 g/mol. The summed E-state index contributed by atoms with van der Waals surface area (Å²) in [4.78, 5) is 27.8. The summed E-state index contributed by atoms with van der Waals surface area (Å²) >= 11 is 1.55. The van der Waals surface area contributed by atoms with E-state index in [9.17, 15) is 14.0 Å². The van der Waals surface area contributed by atoms with E-state index in [0.29, 0.717) is 6.42 Å². The molecule has 0 bridgehead atoms. The third kappa shape index (κ3) is 7.97. The molecule has 2 rings (SSSR count). The van der Waals surface area contributed by atoms with Gasteiger partial charge < -0.3 is 10.2 Å². The number of aryl methyl sites for hydroxylation is 2. The molecule has 0 radical (unpaired) electrons. The van der Waals surface area contributed by atoms with Crippen molar-refractivity contribution in [1.29, 1.82) is 0 Å². The van der Waals surface area contributed by atoms with E-state index in [0.717, 1.165) is 17.7 Å². The summed E-state index contributed by atoms with van der Waals surface area (Å²) in [5.41, 5.74) is 4.40. The predicted molar refractivity (Wildman–Crippen MR) is 131 cm³/mol. The number of rotatable bonds is 11. The number of amides is 2. The maximum atomic E-state index is 13.4. The van der Waals surface area contributed by atoms with Gasteiger partial charge in [-0.15, -0.1) is 11.8 Å². The summed E-state index contributed by atoms with van der Waals surface area (Å²) in [5, 5.41) is 3.01. The summed E-state index contributed by atoms with van der Waals surface area (Å²) in [6.07, 6.45) is 1.33. The lowest BCUT2D eigenvalue weighted by Crippen LogP contribution is -2.51. The molecule has 0 aromatic heterocycles. The van der Waals surface area contributed by atoms with Crippen LogP contribution in [-0.4, -0.2) is 34.6 Å². The summed E-state index contributed by atoms with van der Waals surface area (Å²) < 4.78 is 13.4. The number of thioether (sulfide) groups is 1. The average molecular weight is 459 g/mol. The minimum atomic E-state index is -0.566. The first-order chi connectivity index (χ1) is 15.2. The fraction of sp³-hybridized carbons (Fsp3) is 0.462. The third-order valence-corrected chi connectivity index (χ3v) is 6.42. The summed E-state index contributed by atoms with van der Waals surface area (Å²) in [5.74, 6) is 0.458. The standard InChI is InChI=1S/C26H35FN2O2S/c1-6-20(5)28-26(31)24(7-2)29(15-21-8-10-23(27)11-9-21)25(30)17-32-16-22-13-18(3)12-19(4)14-22/h8-14,20,24H,6-7,15-17H2,1-5H3,(H,28,31). The fourth-order valence-electron chi connectivity index (χ4n) is 3.64. The summed E-state index contributed by atoms with van der Waals surface area (Å²) in [6, 6.07) is 12.0. The number of nitrogens with one attached hydrogen (secondary N) is 1. The SMILES string of the molecule is CCC(C)NC(=O)C(CC)N(Cc1ccc(F)cc1)C(=O)CSCc1cc(C)cc(C)c1. The largest absolute Gasteiger partial charge is 0.352 e. The number of carbonyl (C=O) groups excluding carboxylic acids is 2. The van der Waals surface area contributed by atoms with Crippen LogP contribution in [0.15, 0.2) is 42.5 Å². The minimum Gasteiger partial charge on any atom is -0.352 e. The van der Waals surface area contributed by atoms with Gasteiger partial charge in [-0.25, -0.2) is 4.39 Å². The van der Waals surface area contributed by atoms with Gasteiger partial charge in [0, 0.05) is 18.3 Å². The van der Waals surface area contributed by atoms with Crippen LogP contribution in [0.1, 0.15) is 55.9 Å². The van der Waals surface area contributed by atoms with Crippen LogP contribution >= 0.6 is 11.8 Å². The number of hydrogen-bond acceptors (Lipinski definition) is 3. The topological polar surface area (TPSA) is 49.4 Å². The molecule has 0 heterocycles. The molecule has 6 heteroatoms. The Labute approximate surface area is 196 Å². The van der Waals surface area contributed by atoms with Gasteiger partial charge in [-0.05, 0) is 56.9 Å². The van der Waals surface area contributed by atoms with Crippen LogP contribution < -0.4 is 5.32 Å². The Kier molecular flexibility index (Phi) is 10.2. The molecule has 2 amide bonds. The van der Waals surface area contributed by atoms with Gasteiger partial charge in [0.1, 0.15) is 11.9 Å². The lowest BCUT2D eigenvalue weighted by atomic mass is 10.1. The number of halogens is 1. The van der Waals surface area contributed by atoms with Gasteiger partial charge in [0.15, 0.2) is 0 Å². The van der Waals surface area contributed by atoms with Crippen LogP contribution in [0.4, 0.5) is 4.39 Å². The van der Waals surface area contributed by atoms with E-state index < -0.39 is 6.04 Å².